The van der Waals surface area contributed by atoms with E-state index in [2.05, 4.69) is 15.6 Å². The van der Waals surface area contributed by atoms with Crippen LogP contribution in [-0.2, 0) is 6.54 Å². The third-order valence-corrected chi connectivity index (χ3v) is 5.05. The number of methoxy groups -OCH3 is 1. The molecule has 2 heterocycles. The molecule has 2 amide bonds. The van der Waals surface area contributed by atoms with E-state index in [-0.39, 0.29) is 6.03 Å². The Kier molecular flexibility index (Phi) is 5.12. The molecule has 0 unspecified atom stereocenters. The van der Waals surface area contributed by atoms with Crippen molar-refractivity contribution in [3.05, 3.63) is 51.5 Å². The average Bonchev–Trinajstić information content (AvgIpc) is 3.24. The standard InChI is InChI=1S/C17H17N3O2S2/c1-11-8-12(5-6-15(11)22-2)14-10-24-17(19-14)20-16(21)18-9-13-4-3-7-23-13/h3-8,10H,9H2,1-2H3,(H2,18,19,20,21). The van der Waals surface area contributed by atoms with Gasteiger partial charge in [0.15, 0.2) is 5.13 Å². The average molecular weight is 359 g/mol. The van der Waals surface area contributed by atoms with Crippen molar-refractivity contribution < 1.29 is 9.53 Å². The fourth-order valence-electron chi connectivity index (χ4n) is 2.22. The number of thiophene rings is 1. The Labute approximate surface area is 148 Å². The maximum absolute atomic E-state index is 11.9. The van der Waals surface area contributed by atoms with Gasteiger partial charge >= 0.3 is 6.03 Å². The summed E-state index contributed by atoms with van der Waals surface area (Å²) >= 11 is 3.01. The predicted molar refractivity (Wildman–Crippen MR) is 99.0 cm³/mol. The molecule has 0 aliphatic rings. The molecule has 0 aliphatic heterocycles. The topological polar surface area (TPSA) is 63.2 Å². The SMILES string of the molecule is COc1ccc(-c2csc(NC(=O)NCc3cccs3)n2)cc1C. The number of carbonyl (C=O) groups is 1. The van der Waals surface area contributed by atoms with Crippen molar-refractivity contribution in [1.82, 2.24) is 10.3 Å². The third-order valence-electron chi connectivity index (χ3n) is 3.42. The first-order valence-corrected chi connectivity index (χ1v) is 9.09. The van der Waals surface area contributed by atoms with Gasteiger partial charge in [-0.05, 0) is 42.1 Å². The number of thiazole rings is 1. The van der Waals surface area contributed by atoms with E-state index in [4.69, 9.17) is 4.74 Å². The van der Waals surface area contributed by atoms with Gasteiger partial charge in [-0.2, -0.15) is 0 Å². The predicted octanol–water partition coefficient (Wildman–Crippen LogP) is 4.51. The Hall–Kier alpha value is -2.38. The number of urea groups is 1. The van der Waals surface area contributed by atoms with Crippen LogP contribution in [0.5, 0.6) is 5.75 Å². The highest BCUT2D eigenvalue weighted by Crippen LogP contribution is 2.28. The summed E-state index contributed by atoms with van der Waals surface area (Å²) in [5.74, 6) is 0.847. The Bertz CT molecular complexity index is 828. The second-order valence-electron chi connectivity index (χ2n) is 5.11. The fraction of sp³-hybridized carbons (Fsp3) is 0.176. The minimum atomic E-state index is -0.254. The lowest BCUT2D eigenvalue weighted by Gasteiger charge is -2.06. The first-order valence-electron chi connectivity index (χ1n) is 7.33. The molecule has 0 fully saturated rings. The molecule has 0 bridgehead atoms. The number of hydrogen-bond donors (Lipinski definition) is 2. The minimum absolute atomic E-state index is 0.254. The Morgan fingerprint density at radius 1 is 1.29 bits per heavy atom. The molecule has 3 aromatic rings. The molecule has 0 spiro atoms. The monoisotopic (exact) mass is 359 g/mol. The molecule has 3 rings (SSSR count). The number of benzene rings is 1. The highest BCUT2D eigenvalue weighted by molar-refractivity contribution is 7.14. The van der Waals surface area contributed by atoms with Gasteiger partial charge in [0.05, 0.1) is 19.3 Å². The van der Waals surface area contributed by atoms with E-state index >= 15 is 0 Å². The van der Waals surface area contributed by atoms with Gasteiger partial charge in [0.2, 0.25) is 0 Å². The van der Waals surface area contributed by atoms with Gasteiger partial charge in [0, 0.05) is 15.8 Å². The number of amides is 2. The van der Waals surface area contributed by atoms with Crippen LogP contribution in [0.4, 0.5) is 9.93 Å². The van der Waals surface area contributed by atoms with Gasteiger partial charge in [-0.1, -0.05) is 6.07 Å². The number of rotatable bonds is 5. The van der Waals surface area contributed by atoms with E-state index in [0.717, 1.165) is 27.4 Å². The van der Waals surface area contributed by atoms with E-state index < -0.39 is 0 Å². The molecule has 2 N–H and O–H groups in total. The van der Waals surface area contributed by atoms with E-state index in [1.54, 1.807) is 18.4 Å². The summed E-state index contributed by atoms with van der Waals surface area (Å²) in [6.45, 7) is 2.51. The molecule has 0 radical (unpaired) electrons. The maximum atomic E-state index is 11.9. The van der Waals surface area contributed by atoms with E-state index in [0.29, 0.717) is 11.7 Å². The van der Waals surface area contributed by atoms with Gasteiger partial charge < -0.3 is 10.1 Å². The van der Waals surface area contributed by atoms with Gasteiger partial charge in [-0.3, -0.25) is 5.32 Å². The van der Waals surface area contributed by atoms with Gasteiger partial charge in [0.1, 0.15) is 5.75 Å². The quantitative estimate of drug-likeness (QED) is 0.704. The molecule has 0 aliphatic carbocycles. The maximum Gasteiger partial charge on any atom is 0.321 e. The van der Waals surface area contributed by atoms with Crippen molar-refractivity contribution in [2.45, 2.75) is 13.5 Å². The van der Waals surface area contributed by atoms with Crippen molar-refractivity contribution in [3.63, 3.8) is 0 Å². The van der Waals surface area contributed by atoms with Crippen molar-refractivity contribution >= 4 is 33.8 Å². The molecular weight excluding hydrogens is 342 g/mol. The van der Waals surface area contributed by atoms with Crippen LogP contribution < -0.4 is 15.4 Å². The molecule has 0 saturated heterocycles. The number of nitrogens with one attached hydrogen (secondary N) is 2. The third kappa shape index (κ3) is 3.93. The summed E-state index contributed by atoms with van der Waals surface area (Å²) in [6, 6.07) is 9.60. The number of carbonyl (C=O) groups excluding carboxylic acids is 1. The molecule has 5 nitrogen and oxygen atoms in total. The van der Waals surface area contributed by atoms with Crippen LogP contribution in [0.15, 0.2) is 41.1 Å². The lowest BCUT2D eigenvalue weighted by atomic mass is 10.1. The first-order chi connectivity index (χ1) is 11.7. The van der Waals surface area contributed by atoms with Crippen molar-refractivity contribution in [2.75, 3.05) is 12.4 Å². The van der Waals surface area contributed by atoms with Crippen LogP contribution in [0, 0.1) is 6.92 Å². The number of aromatic nitrogens is 1. The van der Waals surface area contributed by atoms with E-state index in [1.165, 1.54) is 11.3 Å². The number of hydrogen-bond acceptors (Lipinski definition) is 5. The highest BCUT2D eigenvalue weighted by Gasteiger charge is 2.09. The van der Waals surface area contributed by atoms with Crippen molar-refractivity contribution in [3.8, 4) is 17.0 Å². The normalized spacial score (nSPS) is 10.4. The number of aryl methyl sites for hydroxylation is 1. The van der Waals surface area contributed by atoms with Crippen LogP contribution in [0.25, 0.3) is 11.3 Å². The molecule has 0 saturated carbocycles. The second kappa shape index (κ2) is 7.46. The molecule has 0 atom stereocenters. The van der Waals surface area contributed by atoms with Gasteiger partial charge in [0.25, 0.3) is 0 Å². The van der Waals surface area contributed by atoms with Crippen LogP contribution in [0.1, 0.15) is 10.4 Å². The van der Waals surface area contributed by atoms with E-state index in [9.17, 15) is 4.79 Å². The van der Waals surface area contributed by atoms with Crippen LogP contribution in [0.2, 0.25) is 0 Å². The van der Waals surface area contributed by atoms with Gasteiger partial charge in [-0.15, -0.1) is 22.7 Å². The largest absolute Gasteiger partial charge is 0.496 e. The summed E-state index contributed by atoms with van der Waals surface area (Å²) in [5, 5.41) is 10.1. The van der Waals surface area contributed by atoms with Crippen LogP contribution in [-0.4, -0.2) is 18.1 Å². The highest BCUT2D eigenvalue weighted by atomic mass is 32.1. The molecule has 1 aromatic carbocycles. The zero-order valence-electron chi connectivity index (χ0n) is 13.3. The second-order valence-corrected chi connectivity index (χ2v) is 7.00. The lowest BCUT2D eigenvalue weighted by Crippen LogP contribution is -2.27. The molecule has 124 valence electrons. The summed E-state index contributed by atoms with van der Waals surface area (Å²) in [7, 11) is 1.65. The molecule has 2 aromatic heterocycles. The molecular formula is C17H17N3O2S2. The van der Waals surface area contributed by atoms with E-state index in [1.807, 2.05) is 48.0 Å². The van der Waals surface area contributed by atoms with Crippen molar-refractivity contribution in [2.24, 2.45) is 0 Å². The lowest BCUT2D eigenvalue weighted by molar-refractivity contribution is 0.252. The summed E-state index contributed by atoms with van der Waals surface area (Å²) < 4.78 is 5.27. The fourth-order valence-corrected chi connectivity index (χ4v) is 3.58. The first kappa shape index (κ1) is 16.5. The number of anilines is 1. The Morgan fingerprint density at radius 3 is 2.88 bits per heavy atom. The summed E-state index contributed by atoms with van der Waals surface area (Å²) in [5.41, 5.74) is 2.88. The minimum Gasteiger partial charge on any atom is -0.496 e. The summed E-state index contributed by atoms with van der Waals surface area (Å²) in [6.07, 6.45) is 0. The summed E-state index contributed by atoms with van der Waals surface area (Å²) in [4.78, 5) is 17.5. The van der Waals surface area contributed by atoms with Crippen LogP contribution in [0.3, 0.4) is 0 Å². The molecule has 7 heteroatoms. The smallest absolute Gasteiger partial charge is 0.321 e. The molecule has 24 heavy (non-hydrogen) atoms. The zero-order valence-corrected chi connectivity index (χ0v) is 15.0. The van der Waals surface area contributed by atoms with Gasteiger partial charge in [-0.25, -0.2) is 9.78 Å². The Balaban J connectivity index is 1.62. The Morgan fingerprint density at radius 2 is 2.17 bits per heavy atom. The number of ether oxygens (including phenoxy) is 1. The van der Waals surface area contributed by atoms with Crippen molar-refractivity contribution in [1.29, 1.82) is 0 Å². The van der Waals surface area contributed by atoms with Crippen LogP contribution >= 0.6 is 22.7 Å². The number of nitrogens with zero attached hydrogens (tertiary/aromatic N) is 1. The zero-order chi connectivity index (χ0) is 16.9.